The zero-order valence-electron chi connectivity index (χ0n) is 23.1. The third kappa shape index (κ3) is 6.15. The summed E-state index contributed by atoms with van der Waals surface area (Å²) >= 11 is 0. The molecule has 38 heavy (non-hydrogen) atoms. The Morgan fingerprint density at radius 1 is 0.974 bits per heavy atom. The van der Waals surface area contributed by atoms with Gasteiger partial charge in [0.15, 0.2) is 5.78 Å². The third-order valence-corrected chi connectivity index (χ3v) is 8.56. The lowest BCUT2D eigenvalue weighted by Crippen LogP contribution is -2.38. The average Bonchev–Trinajstić information content (AvgIpc) is 3.13. The van der Waals surface area contributed by atoms with E-state index in [1.165, 1.54) is 30.4 Å². The average molecular weight is 512 g/mol. The third-order valence-electron chi connectivity index (χ3n) is 8.56. The Balaban J connectivity index is 1.08. The Labute approximate surface area is 227 Å². The number of amides is 1. The van der Waals surface area contributed by atoms with Crippen LogP contribution in [0.3, 0.4) is 0 Å². The fourth-order valence-electron chi connectivity index (χ4n) is 6.16. The largest absolute Gasteiger partial charge is 0.349 e. The summed E-state index contributed by atoms with van der Waals surface area (Å²) in [5, 5.41) is 4.23. The van der Waals surface area contributed by atoms with E-state index < -0.39 is 0 Å². The van der Waals surface area contributed by atoms with Gasteiger partial charge in [-0.15, -0.1) is 0 Å². The van der Waals surface area contributed by atoms with Crippen molar-refractivity contribution in [1.29, 1.82) is 0 Å². The van der Waals surface area contributed by atoms with Crippen LogP contribution in [0.2, 0.25) is 0 Å². The number of aryl methyl sites for hydroxylation is 1. The van der Waals surface area contributed by atoms with Gasteiger partial charge in [-0.3, -0.25) is 14.6 Å². The normalized spacial score (nSPS) is 20.2. The zero-order chi connectivity index (χ0) is 26.6. The number of nitrogens with zero attached hydrogens (tertiary/aromatic N) is 2. The van der Waals surface area contributed by atoms with Crippen LogP contribution in [-0.2, 0) is 12.8 Å². The van der Waals surface area contributed by atoms with Crippen LogP contribution < -0.4 is 5.32 Å². The van der Waals surface area contributed by atoms with E-state index in [9.17, 15) is 9.59 Å². The molecule has 1 aliphatic carbocycles. The minimum Gasteiger partial charge on any atom is -0.349 e. The second-order valence-electron chi connectivity index (χ2n) is 11.6. The van der Waals surface area contributed by atoms with Gasteiger partial charge in [-0.1, -0.05) is 38.1 Å². The van der Waals surface area contributed by atoms with Crippen molar-refractivity contribution in [2.24, 2.45) is 11.8 Å². The smallest absolute Gasteiger partial charge is 0.252 e. The molecule has 1 fully saturated rings. The van der Waals surface area contributed by atoms with E-state index in [1.54, 1.807) is 0 Å². The Hall–Kier alpha value is -3.05. The molecule has 1 saturated carbocycles. The van der Waals surface area contributed by atoms with Crippen molar-refractivity contribution in [1.82, 2.24) is 15.2 Å². The van der Waals surface area contributed by atoms with Crippen LogP contribution in [0, 0.1) is 18.8 Å². The fourth-order valence-corrected chi connectivity index (χ4v) is 6.16. The van der Waals surface area contributed by atoms with Crippen molar-refractivity contribution in [3.8, 4) is 0 Å². The van der Waals surface area contributed by atoms with Gasteiger partial charge in [-0.05, 0) is 99.7 Å². The van der Waals surface area contributed by atoms with Gasteiger partial charge in [-0.2, -0.15) is 0 Å². The van der Waals surface area contributed by atoms with E-state index in [0.29, 0.717) is 0 Å². The molecule has 0 bridgehead atoms. The van der Waals surface area contributed by atoms with Gasteiger partial charge in [-0.25, -0.2) is 0 Å². The Morgan fingerprint density at radius 2 is 1.74 bits per heavy atom. The van der Waals surface area contributed by atoms with Gasteiger partial charge in [0.25, 0.3) is 5.91 Å². The number of carbonyl (C=O) groups excluding carboxylic acids is 2. The van der Waals surface area contributed by atoms with Crippen LogP contribution in [-0.4, -0.2) is 47.3 Å². The highest BCUT2D eigenvalue weighted by Gasteiger charge is 2.24. The summed E-state index contributed by atoms with van der Waals surface area (Å²) in [6, 6.07) is 16.4. The van der Waals surface area contributed by atoms with Crippen LogP contribution >= 0.6 is 0 Å². The van der Waals surface area contributed by atoms with Crippen LogP contribution in [0.4, 0.5) is 0 Å². The van der Waals surface area contributed by atoms with Crippen LogP contribution in [0.25, 0.3) is 10.9 Å². The molecule has 2 aromatic carbocycles. The summed E-state index contributed by atoms with van der Waals surface area (Å²) in [7, 11) is 0. The molecule has 1 aliphatic heterocycles. The lowest BCUT2D eigenvalue weighted by Gasteiger charge is -2.31. The molecule has 1 N–H and O–H groups in total. The first kappa shape index (κ1) is 26.6. The topological polar surface area (TPSA) is 62.3 Å². The number of benzene rings is 2. The molecule has 5 nitrogen and oxygen atoms in total. The summed E-state index contributed by atoms with van der Waals surface area (Å²) < 4.78 is 0. The molecule has 0 unspecified atom stereocenters. The predicted molar refractivity (Wildman–Crippen MR) is 154 cm³/mol. The van der Waals surface area contributed by atoms with Crippen molar-refractivity contribution in [2.45, 2.75) is 71.8 Å². The summed E-state index contributed by atoms with van der Waals surface area (Å²) in [5.41, 5.74) is 6.18. The monoisotopic (exact) mass is 511 g/mol. The summed E-state index contributed by atoms with van der Waals surface area (Å²) in [6.45, 7) is 9.21. The number of hydrogen-bond acceptors (Lipinski definition) is 4. The molecule has 0 spiro atoms. The maximum absolute atomic E-state index is 13.1. The highest BCUT2D eigenvalue weighted by molar-refractivity contribution is 6.06. The van der Waals surface area contributed by atoms with Gasteiger partial charge >= 0.3 is 0 Å². The maximum atomic E-state index is 13.1. The second-order valence-corrected chi connectivity index (χ2v) is 11.6. The van der Waals surface area contributed by atoms with Crippen molar-refractivity contribution < 1.29 is 9.59 Å². The lowest BCUT2D eigenvalue weighted by atomic mass is 9.84. The van der Waals surface area contributed by atoms with E-state index in [4.69, 9.17) is 0 Å². The van der Waals surface area contributed by atoms with Gasteiger partial charge in [0, 0.05) is 47.3 Å². The van der Waals surface area contributed by atoms with Crippen LogP contribution in [0.1, 0.15) is 83.5 Å². The summed E-state index contributed by atoms with van der Waals surface area (Å²) in [5.74, 6) is 1.03. The predicted octanol–water partition coefficient (Wildman–Crippen LogP) is 6.16. The van der Waals surface area contributed by atoms with E-state index in [-0.39, 0.29) is 23.7 Å². The number of fused-ring (bicyclic) bond motifs is 2. The molecule has 3 aromatic rings. The molecule has 0 atom stereocenters. The molecule has 5 rings (SSSR count). The molecule has 2 aliphatic rings. The SMILES string of the molecule is Cc1ccc2c(C(=O)N[C@H]3CC[C@H](CCN4CCc5ccc(C(=O)C(C)C)cc5CC4)CC3)cccc2n1. The van der Waals surface area contributed by atoms with Crippen molar-refractivity contribution in [3.05, 3.63) is 76.5 Å². The zero-order valence-corrected chi connectivity index (χ0v) is 23.1. The fraction of sp³-hybridized carbons (Fsp3) is 0.485. The summed E-state index contributed by atoms with van der Waals surface area (Å²) in [4.78, 5) is 32.7. The Kier molecular flexibility index (Phi) is 8.23. The van der Waals surface area contributed by atoms with Gasteiger partial charge in [0.1, 0.15) is 0 Å². The molecule has 2 heterocycles. The number of hydrogen-bond donors (Lipinski definition) is 1. The minimum atomic E-state index is 0.0205. The number of pyridine rings is 1. The molecular formula is C33H41N3O2. The summed E-state index contributed by atoms with van der Waals surface area (Å²) in [6.07, 6.45) is 7.77. The highest BCUT2D eigenvalue weighted by atomic mass is 16.1. The number of Topliss-reactive ketones (excluding diaryl/α,β-unsaturated/α-hetero) is 1. The first-order valence-electron chi connectivity index (χ1n) is 14.4. The Morgan fingerprint density at radius 3 is 2.50 bits per heavy atom. The lowest BCUT2D eigenvalue weighted by molar-refractivity contribution is 0.0918. The number of rotatable bonds is 7. The maximum Gasteiger partial charge on any atom is 0.252 e. The molecule has 1 amide bonds. The number of ketones is 1. The molecule has 0 radical (unpaired) electrons. The van der Waals surface area contributed by atoms with Crippen molar-refractivity contribution in [2.75, 3.05) is 19.6 Å². The number of nitrogens with one attached hydrogen (secondary N) is 1. The van der Waals surface area contributed by atoms with E-state index >= 15 is 0 Å². The Bertz CT molecular complexity index is 1310. The van der Waals surface area contributed by atoms with Crippen molar-refractivity contribution in [3.63, 3.8) is 0 Å². The number of aromatic nitrogens is 1. The second kappa shape index (κ2) is 11.8. The quantitative estimate of drug-likeness (QED) is 0.386. The van der Waals surface area contributed by atoms with E-state index in [0.717, 1.165) is 79.0 Å². The van der Waals surface area contributed by atoms with E-state index in [1.807, 2.05) is 57.2 Å². The minimum absolute atomic E-state index is 0.0205. The van der Waals surface area contributed by atoms with Crippen LogP contribution in [0.15, 0.2) is 48.5 Å². The number of carbonyl (C=O) groups is 2. The highest BCUT2D eigenvalue weighted by Crippen LogP contribution is 2.28. The standard InChI is InChI=1S/C33H41N3O2/c1-22(2)32(37)27-11-10-25-16-19-36(20-17-26(25)21-27)18-15-24-8-12-28(13-9-24)35-33(38)30-5-4-6-31-29(30)14-7-23(3)34-31/h4-7,10-11,14,21-22,24,28H,8-9,12-13,15-20H2,1-3H3,(H,35,38)/t24-,28-. The molecule has 5 heteroatoms. The molecule has 200 valence electrons. The molecular weight excluding hydrogens is 470 g/mol. The molecule has 1 aromatic heterocycles. The van der Waals surface area contributed by atoms with Crippen molar-refractivity contribution >= 4 is 22.6 Å². The van der Waals surface area contributed by atoms with Gasteiger partial charge in [0.05, 0.1) is 5.52 Å². The van der Waals surface area contributed by atoms with Gasteiger partial charge in [0.2, 0.25) is 0 Å². The van der Waals surface area contributed by atoms with Gasteiger partial charge < -0.3 is 10.2 Å². The molecule has 0 saturated heterocycles. The first-order valence-corrected chi connectivity index (χ1v) is 14.4. The van der Waals surface area contributed by atoms with Crippen LogP contribution in [0.5, 0.6) is 0 Å². The first-order chi connectivity index (χ1) is 18.4. The van der Waals surface area contributed by atoms with E-state index in [2.05, 4.69) is 27.3 Å².